The SMILES string of the molecule is COc1cc([C@@H]2CC(=O)C[C@H](O)[C@@H]3[C@H](C#C[C@H]2Cc2ccccc2)CN[C@@H]2CC[C@]45C[C@@]6(CCC[C@@H]6C=C4CCC4(O)CCCCC4)[C@@H]4C[C@H]5[C@]32c2cc(O)c(O)cc24)c(CO)cc1O. The number of carbonyl (C=O) groups excluding carboxylic acids is 1. The summed E-state index contributed by atoms with van der Waals surface area (Å²) in [6.45, 7) is 0.200. The average Bonchev–Trinajstić information content (AvgIpc) is 3.71. The van der Waals surface area contributed by atoms with Gasteiger partial charge in [-0.2, -0.15) is 0 Å². The summed E-state index contributed by atoms with van der Waals surface area (Å²) in [5.41, 5.74) is 4.39. The minimum absolute atomic E-state index is 0.0323. The Morgan fingerprint density at radius 2 is 1.68 bits per heavy atom. The van der Waals surface area contributed by atoms with Gasteiger partial charge >= 0.3 is 0 Å². The van der Waals surface area contributed by atoms with Crippen LogP contribution in [0.2, 0.25) is 0 Å². The summed E-state index contributed by atoms with van der Waals surface area (Å²) in [6.07, 6.45) is 16.1. The van der Waals surface area contributed by atoms with Crippen molar-refractivity contribution in [1.82, 2.24) is 5.32 Å². The van der Waals surface area contributed by atoms with Crippen LogP contribution in [0.4, 0.5) is 0 Å². The van der Waals surface area contributed by atoms with Crippen LogP contribution < -0.4 is 10.1 Å². The third kappa shape index (κ3) is 6.66. The molecule has 4 saturated carbocycles. The van der Waals surface area contributed by atoms with Crippen LogP contribution in [0.1, 0.15) is 142 Å². The van der Waals surface area contributed by atoms with Gasteiger partial charge in [0, 0.05) is 54.5 Å². The Morgan fingerprint density at radius 1 is 0.877 bits per heavy atom. The molecule has 11 rings (SSSR count). The van der Waals surface area contributed by atoms with Crippen molar-refractivity contribution in [3.8, 4) is 34.8 Å². The molecule has 7 aliphatic carbocycles. The molecule has 9 nitrogen and oxygen atoms in total. The third-order valence-corrected chi connectivity index (χ3v) is 19.2. The number of phenols is 3. The largest absolute Gasteiger partial charge is 0.504 e. The maximum Gasteiger partial charge on any atom is 0.160 e. The van der Waals surface area contributed by atoms with Crippen LogP contribution in [0.5, 0.6) is 23.0 Å². The molecular weight excluding hydrogens is 815 g/mol. The van der Waals surface area contributed by atoms with Crippen LogP contribution >= 0.6 is 0 Å². The molecule has 1 saturated heterocycles. The number of benzene rings is 3. The number of aliphatic hydroxyl groups excluding tert-OH is 2. The van der Waals surface area contributed by atoms with Gasteiger partial charge in [0.05, 0.1) is 25.4 Å². The third-order valence-electron chi connectivity index (χ3n) is 19.2. The van der Waals surface area contributed by atoms with E-state index in [4.69, 9.17) is 4.74 Å². The van der Waals surface area contributed by atoms with Gasteiger partial charge < -0.3 is 40.7 Å². The molecule has 12 atom stereocenters. The van der Waals surface area contributed by atoms with Crippen LogP contribution in [0.3, 0.4) is 0 Å². The zero-order valence-corrected chi connectivity index (χ0v) is 37.9. The Labute approximate surface area is 383 Å². The second kappa shape index (κ2) is 16.2. The number of fused-ring (bicyclic) bond motifs is 4. The minimum Gasteiger partial charge on any atom is -0.504 e. The predicted molar refractivity (Wildman–Crippen MR) is 247 cm³/mol. The molecule has 3 spiro atoms. The maximum atomic E-state index is 14.9. The second-order valence-corrected chi connectivity index (χ2v) is 22.0. The lowest BCUT2D eigenvalue weighted by Gasteiger charge is -2.74. The minimum atomic E-state index is -1.05. The molecule has 0 unspecified atom stereocenters. The van der Waals surface area contributed by atoms with Crippen molar-refractivity contribution in [1.29, 1.82) is 0 Å². The van der Waals surface area contributed by atoms with Gasteiger partial charge in [0.15, 0.2) is 23.0 Å². The van der Waals surface area contributed by atoms with E-state index in [1.165, 1.54) is 25.2 Å². The summed E-state index contributed by atoms with van der Waals surface area (Å²) in [4.78, 5) is 14.9. The summed E-state index contributed by atoms with van der Waals surface area (Å²) >= 11 is 0. The van der Waals surface area contributed by atoms with Crippen molar-refractivity contribution in [2.45, 2.75) is 151 Å². The van der Waals surface area contributed by atoms with E-state index in [0.717, 1.165) is 100 Å². The molecule has 9 heteroatoms. The molecule has 4 bridgehead atoms. The fourth-order valence-electron chi connectivity index (χ4n) is 16.7. The van der Waals surface area contributed by atoms with Crippen molar-refractivity contribution in [3.05, 3.63) is 94.1 Å². The van der Waals surface area contributed by atoms with Crippen LogP contribution in [-0.4, -0.2) is 67.8 Å². The lowest BCUT2D eigenvalue weighted by atomic mass is 9.31. The zero-order valence-electron chi connectivity index (χ0n) is 37.9. The molecule has 1 aliphatic heterocycles. The Balaban J connectivity index is 1.09. The Bertz CT molecular complexity index is 2450. The highest BCUT2D eigenvalue weighted by atomic mass is 16.5. The standard InChI is InChI=1S/C56H67NO8/c1-65-49-27-41(36(31-58)22-47(49)62)40-24-39(59)25-48(63)52-35(13-12-34(40)21-33-9-4-2-5-10-33)30-57-51-15-20-55-32-54(43-29-50(55)56(51,52)44-28-46(61)45(60)26-42(43)44)18-8-11-37(54)23-38(55)14-19-53(64)16-6-3-7-17-53/h2,4-5,9-10,22-23,26-28,34-35,37,40,43,48,50-52,57-58,60-64H,3,6-8,11,14-21,24-25,29-32H2,1H3/t34-,35+,37+,40+,43+,48-,50+,51+,52-,54+,55-,56-/m0/s1. The van der Waals surface area contributed by atoms with Gasteiger partial charge in [-0.1, -0.05) is 79.5 Å². The number of carbonyl (C=O) groups is 1. The van der Waals surface area contributed by atoms with Crippen LogP contribution in [0.15, 0.2) is 66.2 Å². The second-order valence-electron chi connectivity index (χ2n) is 22.0. The van der Waals surface area contributed by atoms with E-state index in [1.807, 2.05) is 30.3 Å². The fraction of sp³-hybridized carbons (Fsp3) is 0.589. The van der Waals surface area contributed by atoms with Gasteiger partial charge in [0.25, 0.3) is 0 Å². The summed E-state index contributed by atoms with van der Waals surface area (Å²) < 4.78 is 5.57. The highest BCUT2D eigenvalue weighted by molar-refractivity contribution is 5.80. The summed E-state index contributed by atoms with van der Waals surface area (Å²) in [5.74, 6) is 6.47. The van der Waals surface area contributed by atoms with Gasteiger partial charge in [-0.15, -0.1) is 0 Å². The molecule has 0 aromatic heterocycles. The van der Waals surface area contributed by atoms with Gasteiger partial charge in [0.2, 0.25) is 0 Å². The van der Waals surface area contributed by atoms with E-state index < -0.39 is 29.0 Å². The molecule has 0 radical (unpaired) electrons. The summed E-state index contributed by atoms with van der Waals surface area (Å²) in [5, 5.41) is 73.6. The van der Waals surface area contributed by atoms with E-state index >= 15 is 0 Å². The van der Waals surface area contributed by atoms with E-state index in [9.17, 15) is 35.4 Å². The lowest BCUT2D eigenvalue weighted by Crippen LogP contribution is -2.75. The Morgan fingerprint density at radius 3 is 2.46 bits per heavy atom. The number of aromatic hydroxyl groups is 3. The molecule has 8 aliphatic rings. The summed E-state index contributed by atoms with van der Waals surface area (Å²) in [7, 11) is 1.49. The van der Waals surface area contributed by atoms with Crippen molar-refractivity contribution in [2.75, 3.05) is 13.7 Å². The molecule has 5 fully saturated rings. The Hall–Kier alpha value is -4.33. The van der Waals surface area contributed by atoms with Gasteiger partial charge in [0.1, 0.15) is 5.78 Å². The van der Waals surface area contributed by atoms with Crippen molar-refractivity contribution >= 4 is 5.78 Å². The number of nitrogens with one attached hydrogen (secondary N) is 1. The first-order valence-corrected chi connectivity index (χ1v) is 24.9. The highest BCUT2D eigenvalue weighted by Crippen LogP contribution is 2.79. The van der Waals surface area contributed by atoms with E-state index in [2.05, 4.69) is 35.4 Å². The number of ketones is 1. The first-order valence-electron chi connectivity index (χ1n) is 24.9. The van der Waals surface area contributed by atoms with Crippen LogP contribution in [-0.2, 0) is 23.2 Å². The molecule has 344 valence electrons. The first kappa shape index (κ1) is 43.3. The van der Waals surface area contributed by atoms with Crippen molar-refractivity contribution in [2.24, 2.45) is 40.4 Å². The quantitative estimate of drug-likeness (QED) is 0.0668. The monoisotopic (exact) mass is 881 g/mol. The topological polar surface area (TPSA) is 160 Å². The van der Waals surface area contributed by atoms with Crippen molar-refractivity contribution < 1.29 is 40.2 Å². The van der Waals surface area contributed by atoms with E-state index in [0.29, 0.717) is 30.0 Å². The molecule has 7 N–H and O–H groups in total. The summed E-state index contributed by atoms with van der Waals surface area (Å²) in [6, 6.07) is 17.1. The molecule has 65 heavy (non-hydrogen) atoms. The fourth-order valence-corrected chi connectivity index (χ4v) is 16.7. The van der Waals surface area contributed by atoms with Gasteiger partial charge in [-0.3, -0.25) is 4.79 Å². The number of hydrogen-bond donors (Lipinski definition) is 7. The smallest absolute Gasteiger partial charge is 0.160 e. The number of phenolic OH excluding ortho intramolecular Hbond substituents is 3. The number of hydrogen-bond acceptors (Lipinski definition) is 9. The molecule has 3 aromatic rings. The van der Waals surface area contributed by atoms with Crippen LogP contribution in [0.25, 0.3) is 0 Å². The molecule has 1 heterocycles. The number of aliphatic hydroxyl groups is 3. The number of ether oxygens (including phenoxy) is 1. The highest BCUT2D eigenvalue weighted by Gasteiger charge is 2.74. The van der Waals surface area contributed by atoms with E-state index in [1.54, 1.807) is 6.07 Å². The molecular formula is C56H67NO8. The van der Waals surface area contributed by atoms with Gasteiger partial charge in [-0.05, 0) is 151 Å². The van der Waals surface area contributed by atoms with Gasteiger partial charge in [-0.25, -0.2) is 0 Å². The lowest BCUT2D eigenvalue weighted by molar-refractivity contribution is -0.158. The zero-order chi connectivity index (χ0) is 44.9. The first-order chi connectivity index (χ1) is 31.4. The molecule has 3 aromatic carbocycles. The number of rotatable bonds is 8. The average molecular weight is 882 g/mol. The number of allylic oxidation sites excluding steroid dienone is 2. The predicted octanol–water partition coefficient (Wildman–Crippen LogP) is 8.61. The Kier molecular flexibility index (Phi) is 10.8. The van der Waals surface area contributed by atoms with Crippen LogP contribution in [0, 0.1) is 52.3 Å². The van der Waals surface area contributed by atoms with E-state index in [-0.39, 0.29) is 88.8 Å². The number of methoxy groups -OCH3 is 1. The maximum absolute atomic E-state index is 14.9. The molecule has 0 amide bonds. The normalized spacial score (nSPS) is 37.6. The number of piperidine rings is 1. The van der Waals surface area contributed by atoms with Crippen molar-refractivity contribution in [3.63, 3.8) is 0 Å². The number of Topliss-reactive ketones (excluding diaryl/α,β-unsaturated/α-hetero) is 1.